The van der Waals surface area contributed by atoms with Crippen molar-refractivity contribution < 1.29 is 34.4 Å². The van der Waals surface area contributed by atoms with E-state index in [4.69, 9.17) is 21.1 Å². The van der Waals surface area contributed by atoms with E-state index in [-0.39, 0.29) is 11.5 Å². The first kappa shape index (κ1) is 20.9. The summed E-state index contributed by atoms with van der Waals surface area (Å²) >= 11 is 5.92. The van der Waals surface area contributed by atoms with Crippen LogP contribution in [0.25, 0.3) is 0 Å². The van der Waals surface area contributed by atoms with Gasteiger partial charge >= 0.3 is 17.7 Å². The number of halogens is 1. The normalized spacial score (nSPS) is 15.1. The van der Waals surface area contributed by atoms with Gasteiger partial charge < -0.3 is 30.1 Å². The first-order valence-electron chi connectivity index (χ1n) is 8.94. The van der Waals surface area contributed by atoms with Gasteiger partial charge in [0, 0.05) is 11.6 Å². The lowest BCUT2D eigenvalue weighted by atomic mass is 10.1. The monoisotopic (exact) mass is 421 g/mol. The number of nitrogens with one attached hydrogen (secondary N) is 1. The summed E-state index contributed by atoms with van der Waals surface area (Å²) in [6.07, 6.45) is 0.454. The summed E-state index contributed by atoms with van der Waals surface area (Å²) in [5, 5.41) is 32.3. The van der Waals surface area contributed by atoms with Crippen molar-refractivity contribution in [2.75, 3.05) is 13.1 Å². The standard InChI is InChI=1S/C20H20ClNO7/c21-14-7-1-5-13(10-14)15(23)11-22-9-3-6-12-4-2-8-16-17(12)29-20(28-16,18(24)25)19(26)27/h1-2,4-5,7-8,10,15,22-23H,3,6,9,11H2,(H,24,25)(H,26,27). The van der Waals surface area contributed by atoms with Crippen LogP contribution in [0.1, 0.15) is 23.7 Å². The molecule has 29 heavy (non-hydrogen) atoms. The number of benzene rings is 2. The molecule has 0 saturated heterocycles. The van der Waals surface area contributed by atoms with E-state index >= 15 is 0 Å². The average Bonchev–Trinajstić information content (AvgIpc) is 3.10. The molecule has 0 amide bonds. The Labute approximate surface area is 171 Å². The zero-order chi connectivity index (χ0) is 21.0. The van der Waals surface area contributed by atoms with Crippen LogP contribution in [0.2, 0.25) is 5.02 Å². The molecule has 1 unspecified atom stereocenters. The smallest absolute Gasteiger partial charge is 0.453 e. The van der Waals surface area contributed by atoms with Gasteiger partial charge in [0.2, 0.25) is 0 Å². The molecule has 3 rings (SSSR count). The summed E-state index contributed by atoms with van der Waals surface area (Å²) in [5.41, 5.74) is 1.36. The zero-order valence-corrected chi connectivity index (χ0v) is 16.1. The number of ether oxygens (including phenoxy) is 2. The predicted octanol–water partition coefficient (Wildman–Crippen LogP) is 2.23. The third kappa shape index (κ3) is 4.45. The molecular formula is C20H20ClNO7. The number of carboxylic acids is 2. The number of fused-ring (bicyclic) bond motifs is 1. The maximum Gasteiger partial charge on any atom is 0.453 e. The Hall–Kier alpha value is -2.81. The largest absolute Gasteiger partial charge is 0.475 e. The Morgan fingerprint density at radius 3 is 2.52 bits per heavy atom. The van der Waals surface area contributed by atoms with E-state index in [2.05, 4.69) is 5.32 Å². The fraction of sp³-hybridized carbons (Fsp3) is 0.300. The minimum absolute atomic E-state index is 0.0802. The molecule has 0 aliphatic carbocycles. The summed E-state index contributed by atoms with van der Waals surface area (Å²) in [7, 11) is 0. The highest BCUT2D eigenvalue weighted by Gasteiger charge is 2.58. The van der Waals surface area contributed by atoms with Gasteiger partial charge in [-0.3, -0.25) is 0 Å². The molecule has 154 valence electrons. The van der Waals surface area contributed by atoms with Crippen LogP contribution in [0, 0.1) is 0 Å². The summed E-state index contributed by atoms with van der Waals surface area (Å²) in [5.74, 6) is -6.03. The molecule has 4 N–H and O–H groups in total. The maximum absolute atomic E-state index is 11.4. The van der Waals surface area contributed by atoms with Gasteiger partial charge in [0.05, 0.1) is 6.10 Å². The molecule has 0 radical (unpaired) electrons. The fourth-order valence-electron chi connectivity index (χ4n) is 3.01. The highest BCUT2D eigenvalue weighted by atomic mass is 35.5. The van der Waals surface area contributed by atoms with Crippen LogP contribution in [-0.2, 0) is 16.0 Å². The second-order valence-corrected chi connectivity index (χ2v) is 6.99. The molecule has 0 bridgehead atoms. The fourth-order valence-corrected chi connectivity index (χ4v) is 3.21. The third-order valence-corrected chi connectivity index (χ3v) is 4.73. The molecule has 2 aromatic rings. The Bertz CT molecular complexity index is 903. The number of hydrogen-bond donors (Lipinski definition) is 4. The van der Waals surface area contributed by atoms with Gasteiger partial charge in [-0.1, -0.05) is 35.9 Å². The molecule has 1 atom stereocenters. The van der Waals surface area contributed by atoms with E-state index in [9.17, 15) is 24.9 Å². The molecule has 8 nitrogen and oxygen atoms in total. The van der Waals surface area contributed by atoms with E-state index in [1.807, 2.05) is 0 Å². The van der Waals surface area contributed by atoms with Crippen LogP contribution in [0.15, 0.2) is 42.5 Å². The van der Waals surface area contributed by atoms with Crippen LogP contribution in [0.3, 0.4) is 0 Å². The van der Waals surface area contributed by atoms with Gasteiger partial charge in [0.15, 0.2) is 11.5 Å². The molecule has 0 saturated carbocycles. The van der Waals surface area contributed by atoms with E-state index in [1.54, 1.807) is 36.4 Å². The molecule has 0 aromatic heterocycles. The number of carbonyl (C=O) groups is 2. The number of rotatable bonds is 9. The highest BCUT2D eigenvalue weighted by Crippen LogP contribution is 2.42. The van der Waals surface area contributed by atoms with E-state index in [0.717, 1.165) is 5.56 Å². The number of aliphatic carboxylic acids is 2. The first-order valence-corrected chi connectivity index (χ1v) is 9.32. The summed E-state index contributed by atoms with van der Waals surface area (Å²) < 4.78 is 10.3. The topological polar surface area (TPSA) is 125 Å². The molecular weight excluding hydrogens is 402 g/mol. The highest BCUT2D eigenvalue weighted by molar-refractivity contribution is 6.30. The van der Waals surface area contributed by atoms with Gasteiger partial charge in [0.1, 0.15) is 0 Å². The van der Waals surface area contributed by atoms with Crippen molar-refractivity contribution in [1.82, 2.24) is 5.32 Å². The molecule has 0 spiro atoms. The quantitative estimate of drug-likeness (QED) is 0.359. The van der Waals surface area contributed by atoms with Gasteiger partial charge in [-0.25, -0.2) is 9.59 Å². The number of hydrogen-bond acceptors (Lipinski definition) is 6. The van der Waals surface area contributed by atoms with Crippen molar-refractivity contribution in [3.05, 3.63) is 58.6 Å². The van der Waals surface area contributed by atoms with Crippen LogP contribution >= 0.6 is 11.6 Å². The summed E-state index contributed by atoms with van der Waals surface area (Å²) in [6.45, 7) is 0.916. The first-order chi connectivity index (χ1) is 13.8. The van der Waals surface area contributed by atoms with Crippen molar-refractivity contribution >= 4 is 23.5 Å². The van der Waals surface area contributed by atoms with Crippen LogP contribution in [0.4, 0.5) is 0 Å². The van der Waals surface area contributed by atoms with Gasteiger partial charge in [-0.05, 0) is 48.7 Å². The second-order valence-electron chi connectivity index (χ2n) is 6.55. The van der Waals surface area contributed by atoms with Crippen molar-refractivity contribution in [2.24, 2.45) is 0 Å². The Morgan fingerprint density at radius 2 is 1.83 bits per heavy atom. The number of carboxylic acid groups (broad SMARTS) is 2. The Balaban J connectivity index is 1.54. The molecule has 1 aliphatic rings. The van der Waals surface area contributed by atoms with Crippen molar-refractivity contribution in [3.8, 4) is 11.5 Å². The summed E-state index contributed by atoms with van der Waals surface area (Å²) in [6, 6.07) is 11.8. The molecule has 1 heterocycles. The number of aliphatic hydroxyl groups is 1. The number of aryl methyl sites for hydroxylation is 1. The molecule has 9 heteroatoms. The van der Waals surface area contributed by atoms with Gasteiger partial charge in [-0.2, -0.15) is 0 Å². The Kier molecular flexibility index (Phi) is 6.26. The van der Waals surface area contributed by atoms with Crippen molar-refractivity contribution in [2.45, 2.75) is 24.7 Å². The van der Waals surface area contributed by atoms with Crippen molar-refractivity contribution in [1.29, 1.82) is 0 Å². The molecule has 2 aromatic carbocycles. The lowest BCUT2D eigenvalue weighted by Crippen LogP contribution is -2.54. The number of para-hydroxylation sites is 1. The minimum atomic E-state index is -2.77. The Morgan fingerprint density at radius 1 is 1.10 bits per heavy atom. The molecule has 0 fully saturated rings. The molecule has 1 aliphatic heterocycles. The van der Waals surface area contributed by atoms with Crippen LogP contribution in [-0.4, -0.2) is 46.1 Å². The maximum atomic E-state index is 11.4. The third-order valence-electron chi connectivity index (χ3n) is 4.49. The van der Waals surface area contributed by atoms with Crippen molar-refractivity contribution in [3.63, 3.8) is 0 Å². The lowest BCUT2D eigenvalue weighted by molar-refractivity contribution is -0.194. The van der Waals surface area contributed by atoms with Crippen LogP contribution < -0.4 is 14.8 Å². The zero-order valence-electron chi connectivity index (χ0n) is 15.3. The summed E-state index contributed by atoms with van der Waals surface area (Å²) in [4.78, 5) is 22.7. The lowest BCUT2D eigenvalue weighted by Gasteiger charge is -2.17. The van der Waals surface area contributed by atoms with E-state index in [0.29, 0.717) is 36.5 Å². The second kappa shape index (κ2) is 8.69. The van der Waals surface area contributed by atoms with Crippen LogP contribution in [0.5, 0.6) is 11.5 Å². The van der Waals surface area contributed by atoms with Gasteiger partial charge in [0.25, 0.3) is 0 Å². The average molecular weight is 422 g/mol. The SMILES string of the molecule is O=C(O)C1(C(=O)O)Oc2cccc(CCCNCC(O)c3cccc(Cl)c3)c2O1. The minimum Gasteiger partial charge on any atom is -0.475 e. The predicted molar refractivity (Wildman–Crippen MR) is 103 cm³/mol. The van der Waals surface area contributed by atoms with E-state index in [1.165, 1.54) is 6.07 Å². The van der Waals surface area contributed by atoms with Gasteiger partial charge in [-0.15, -0.1) is 0 Å². The number of aliphatic hydroxyl groups excluding tert-OH is 1. The van der Waals surface area contributed by atoms with E-state index < -0.39 is 23.8 Å².